The number of piperazine rings is 1. The lowest BCUT2D eigenvalue weighted by Crippen LogP contribution is -2.48. The Kier molecular flexibility index (Phi) is 6.41. The van der Waals surface area contributed by atoms with Crippen LogP contribution in [-0.2, 0) is 6.61 Å². The van der Waals surface area contributed by atoms with Crippen molar-refractivity contribution >= 4 is 11.8 Å². The topological polar surface area (TPSA) is 95.7 Å². The quantitative estimate of drug-likeness (QED) is 0.386. The zero-order valence-corrected chi connectivity index (χ0v) is 19.6. The lowest BCUT2D eigenvalue weighted by Gasteiger charge is -2.34. The highest BCUT2D eigenvalue weighted by molar-refractivity contribution is 5.94. The Hall–Kier alpha value is -4.58. The minimum atomic E-state index is -0.449. The summed E-state index contributed by atoms with van der Waals surface area (Å²) in [5.74, 6) is 1.56. The molecule has 0 atom stereocenters. The van der Waals surface area contributed by atoms with Crippen molar-refractivity contribution < 1.29 is 22.8 Å². The number of amides is 1. The predicted molar refractivity (Wildman–Crippen MR) is 129 cm³/mol. The molecular formula is C27H23FN4O4. The van der Waals surface area contributed by atoms with Gasteiger partial charge in [0.1, 0.15) is 30.0 Å². The van der Waals surface area contributed by atoms with Crippen molar-refractivity contribution in [3.05, 3.63) is 89.1 Å². The molecule has 0 unspecified atom stereocenters. The fourth-order valence-corrected chi connectivity index (χ4v) is 3.98. The maximum absolute atomic E-state index is 13.5. The highest BCUT2D eigenvalue weighted by Gasteiger charge is 2.28. The van der Waals surface area contributed by atoms with Gasteiger partial charge in [0.05, 0.1) is 0 Å². The molecule has 1 saturated heterocycles. The third-order valence-electron chi connectivity index (χ3n) is 5.92. The maximum atomic E-state index is 13.5. The first-order chi connectivity index (χ1) is 17.5. The van der Waals surface area contributed by atoms with Gasteiger partial charge >= 0.3 is 0 Å². The molecule has 0 N–H and O–H groups in total. The second-order valence-electron chi connectivity index (χ2n) is 8.44. The van der Waals surface area contributed by atoms with Gasteiger partial charge in [0.2, 0.25) is 11.6 Å². The van der Waals surface area contributed by atoms with Crippen molar-refractivity contribution in [3.8, 4) is 23.5 Å². The van der Waals surface area contributed by atoms with Crippen molar-refractivity contribution in [2.24, 2.45) is 0 Å². The number of ether oxygens (including phenoxy) is 1. The third kappa shape index (κ3) is 4.93. The Morgan fingerprint density at radius 3 is 2.58 bits per heavy atom. The van der Waals surface area contributed by atoms with Crippen molar-refractivity contribution in [2.45, 2.75) is 13.5 Å². The Morgan fingerprint density at radius 2 is 1.86 bits per heavy atom. The van der Waals surface area contributed by atoms with Crippen LogP contribution in [0.2, 0.25) is 0 Å². The van der Waals surface area contributed by atoms with Crippen LogP contribution >= 0.6 is 0 Å². The fourth-order valence-electron chi connectivity index (χ4n) is 3.98. The smallest absolute Gasteiger partial charge is 0.266 e. The van der Waals surface area contributed by atoms with Crippen LogP contribution in [0.5, 0.6) is 5.75 Å². The molecule has 2 aromatic carbocycles. The lowest BCUT2D eigenvalue weighted by molar-refractivity contribution is 0.0745. The first-order valence-corrected chi connectivity index (χ1v) is 11.5. The normalized spacial score (nSPS) is 13.5. The first kappa shape index (κ1) is 23.2. The number of aromatic nitrogens is 1. The van der Waals surface area contributed by atoms with E-state index in [9.17, 15) is 14.4 Å². The number of nitrogens with zero attached hydrogens (tertiary/aromatic N) is 4. The summed E-state index contributed by atoms with van der Waals surface area (Å²) in [5, 5.41) is 9.61. The standard InChI is InChI=1S/C27H23FN4O4/c1-18-5-7-21(8-6-18)34-17-22-9-10-24(35-22)25-30-23(16-29)27(36-25)32-13-11-31(12-14-32)26(33)19-3-2-4-20(28)15-19/h2-10,15H,11-14,17H2,1H3. The molecule has 4 aromatic rings. The van der Waals surface area contributed by atoms with Gasteiger partial charge in [-0.2, -0.15) is 10.2 Å². The highest BCUT2D eigenvalue weighted by atomic mass is 19.1. The van der Waals surface area contributed by atoms with Crippen molar-refractivity contribution in [1.29, 1.82) is 5.26 Å². The van der Waals surface area contributed by atoms with Crippen molar-refractivity contribution in [3.63, 3.8) is 0 Å². The van der Waals surface area contributed by atoms with E-state index in [4.69, 9.17) is 13.6 Å². The summed E-state index contributed by atoms with van der Waals surface area (Å²) in [4.78, 5) is 20.5. The summed E-state index contributed by atoms with van der Waals surface area (Å²) < 4.78 is 31.0. The van der Waals surface area contributed by atoms with E-state index in [0.717, 1.165) is 11.3 Å². The van der Waals surface area contributed by atoms with E-state index in [1.54, 1.807) is 23.1 Å². The molecule has 1 amide bonds. The largest absolute Gasteiger partial charge is 0.486 e. The number of rotatable bonds is 6. The SMILES string of the molecule is Cc1ccc(OCc2ccc(-c3nc(C#N)c(N4CCN(C(=O)c5cccc(F)c5)CC4)o3)o2)cc1. The average molecular weight is 487 g/mol. The number of hydrogen-bond acceptors (Lipinski definition) is 7. The minimum Gasteiger partial charge on any atom is -0.486 e. The molecule has 2 aromatic heterocycles. The van der Waals surface area contributed by atoms with Crippen molar-refractivity contribution in [2.75, 3.05) is 31.1 Å². The number of aryl methyl sites for hydroxylation is 1. The van der Waals surface area contributed by atoms with Crippen LogP contribution in [-0.4, -0.2) is 42.0 Å². The Balaban J connectivity index is 1.24. The predicted octanol–water partition coefficient (Wildman–Crippen LogP) is 4.80. The van der Waals surface area contributed by atoms with Gasteiger partial charge in [-0.15, -0.1) is 0 Å². The molecular weight excluding hydrogens is 463 g/mol. The van der Waals surface area contributed by atoms with E-state index >= 15 is 0 Å². The van der Waals surface area contributed by atoms with E-state index in [2.05, 4.69) is 11.1 Å². The number of benzene rings is 2. The number of hydrogen-bond donors (Lipinski definition) is 0. The zero-order chi connectivity index (χ0) is 25.1. The molecule has 8 nitrogen and oxygen atoms in total. The number of anilines is 1. The maximum Gasteiger partial charge on any atom is 0.266 e. The summed E-state index contributed by atoms with van der Waals surface area (Å²) >= 11 is 0. The van der Waals surface area contributed by atoms with E-state index in [0.29, 0.717) is 49.1 Å². The van der Waals surface area contributed by atoms with E-state index in [1.807, 2.05) is 36.1 Å². The van der Waals surface area contributed by atoms with Gasteiger partial charge in [0.15, 0.2) is 5.76 Å². The Morgan fingerprint density at radius 1 is 1.08 bits per heavy atom. The molecule has 1 fully saturated rings. The van der Waals surface area contributed by atoms with Crippen LogP contribution in [0.15, 0.2) is 69.5 Å². The molecule has 0 aliphatic carbocycles. The van der Waals surface area contributed by atoms with Gasteiger partial charge < -0.3 is 23.4 Å². The zero-order valence-electron chi connectivity index (χ0n) is 19.6. The summed E-state index contributed by atoms with van der Waals surface area (Å²) in [5.41, 5.74) is 1.60. The molecule has 5 rings (SSSR count). The molecule has 0 spiro atoms. The monoisotopic (exact) mass is 486 g/mol. The molecule has 182 valence electrons. The van der Waals surface area contributed by atoms with Crippen LogP contribution in [0.4, 0.5) is 10.3 Å². The van der Waals surface area contributed by atoms with Gasteiger partial charge in [-0.25, -0.2) is 4.39 Å². The van der Waals surface area contributed by atoms with Gasteiger partial charge in [0, 0.05) is 31.7 Å². The molecule has 36 heavy (non-hydrogen) atoms. The summed E-state index contributed by atoms with van der Waals surface area (Å²) in [6.07, 6.45) is 0. The van der Waals surface area contributed by atoms with Gasteiger partial charge in [0.25, 0.3) is 11.8 Å². The average Bonchev–Trinajstić information content (AvgIpc) is 3.55. The van der Waals surface area contributed by atoms with Gasteiger partial charge in [-0.1, -0.05) is 23.8 Å². The van der Waals surface area contributed by atoms with E-state index in [1.165, 1.54) is 18.2 Å². The number of carbonyl (C=O) groups is 1. The molecule has 0 bridgehead atoms. The molecule has 1 aliphatic heterocycles. The Labute approximate surface area is 207 Å². The summed E-state index contributed by atoms with van der Waals surface area (Å²) in [7, 11) is 0. The molecule has 3 heterocycles. The fraction of sp³-hybridized carbons (Fsp3) is 0.222. The number of carbonyl (C=O) groups excluding carboxylic acids is 1. The van der Waals surface area contributed by atoms with Crippen molar-refractivity contribution in [1.82, 2.24) is 9.88 Å². The third-order valence-corrected chi connectivity index (χ3v) is 5.92. The van der Waals surface area contributed by atoms with Crippen LogP contribution in [0, 0.1) is 24.1 Å². The van der Waals surface area contributed by atoms with Crippen LogP contribution in [0.1, 0.15) is 27.4 Å². The first-order valence-electron chi connectivity index (χ1n) is 11.5. The second kappa shape index (κ2) is 9.96. The number of nitriles is 1. The molecule has 0 radical (unpaired) electrons. The number of furan rings is 1. The van der Waals surface area contributed by atoms with Crippen LogP contribution in [0.3, 0.4) is 0 Å². The molecule has 1 aliphatic rings. The summed E-state index contributed by atoms with van der Waals surface area (Å²) in [6, 6.07) is 18.9. The van der Waals surface area contributed by atoms with Crippen LogP contribution in [0.25, 0.3) is 11.7 Å². The van der Waals surface area contributed by atoms with E-state index in [-0.39, 0.29) is 24.1 Å². The van der Waals surface area contributed by atoms with Gasteiger partial charge in [-0.3, -0.25) is 4.79 Å². The van der Waals surface area contributed by atoms with E-state index < -0.39 is 5.82 Å². The second-order valence-corrected chi connectivity index (χ2v) is 8.44. The lowest BCUT2D eigenvalue weighted by atomic mass is 10.1. The highest BCUT2D eigenvalue weighted by Crippen LogP contribution is 2.30. The minimum absolute atomic E-state index is 0.142. The Bertz CT molecular complexity index is 1410. The van der Waals surface area contributed by atoms with Gasteiger partial charge in [-0.05, 0) is 49.4 Å². The molecule has 0 saturated carbocycles. The van der Waals surface area contributed by atoms with Crippen LogP contribution < -0.4 is 9.64 Å². The summed E-state index contributed by atoms with van der Waals surface area (Å²) in [6.45, 7) is 3.93. The number of oxazole rings is 1. The number of halogens is 1. The molecule has 9 heteroatoms.